The van der Waals surface area contributed by atoms with Crippen molar-refractivity contribution >= 4 is 5.91 Å². The van der Waals surface area contributed by atoms with Gasteiger partial charge in [-0.3, -0.25) is 9.36 Å². The van der Waals surface area contributed by atoms with E-state index in [9.17, 15) is 9.59 Å². The van der Waals surface area contributed by atoms with E-state index in [1.807, 2.05) is 80.3 Å². The Morgan fingerprint density at radius 2 is 1.68 bits per heavy atom. The van der Waals surface area contributed by atoms with E-state index < -0.39 is 0 Å². The summed E-state index contributed by atoms with van der Waals surface area (Å²) in [7, 11) is 0. The molecule has 0 aliphatic carbocycles. The zero-order chi connectivity index (χ0) is 24.8. The molecule has 0 aliphatic heterocycles. The van der Waals surface area contributed by atoms with Crippen LogP contribution in [0.1, 0.15) is 73.5 Å². The molecule has 0 saturated heterocycles. The Morgan fingerprint density at radius 1 is 1.03 bits per heavy atom. The van der Waals surface area contributed by atoms with Crippen LogP contribution in [0, 0.1) is 12.8 Å². The second-order valence-electron chi connectivity index (χ2n) is 9.45. The van der Waals surface area contributed by atoms with Crippen LogP contribution >= 0.6 is 0 Å². The lowest BCUT2D eigenvalue weighted by Gasteiger charge is -2.34. The van der Waals surface area contributed by atoms with E-state index in [2.05, 4.69) is 13.8 Å². The maximum Gasteiger partial charge on any atom is 0.346 e. The molecule has 1 unspecified atom stereocenters. The van der Waals surface area contributed by atoms with Gasteiger partial charge in [-0.05, 0) is 57.4 Å². The number of rotatable bonds is 10. The summed E-state index contributed by atoms with van der Waals surface area (Å²) < 4.78 is 3.24. The van der Waals surface area contributed by atoms with E-state index in [1.54, 1.807) is 4.57 Å². The number of hydrogen-bond donors (Lipinski definition) is 1. The van der Waals surface area contributed by atoms with Crippen LogP contribution in [-0.4, -0.2) is 38.2 Å². The lowest BCUT2D eigenvalue weighted by Crippen LogP contribution is -2.40. The maximum absolute atomic E-state index is 13.7. The zero-order valence-electron chi connectivity index (χ0n) is 20.9. The van der Waals surface area contributed by atoms with Crippen molar-refractivity contribution < 1.29 is 4.79 Å². The van der Waals surface area contributed by atoms with Gasteiger partial charge in [0.25, 0.3) is 5.91 Å². The van der Waals surface area contributed by atoms with Crippen LogP contribution in [-0.2, 0) is 6.54 Å². The first-order valence-electron chi connectivity index (χ1n) is 12.1. The molecule has 7 heteroatoms. The van der Waals surface area contributed by atoms with Gasteiger partial charge in [0.2, 0.25) is 0 Å². The van der Waals surface area contributed by atoms with Crippen molar-refractivity contribution in [1.29, 1.82) is 0 Å². The fourth-order valence-electron chi connectivity index (χ4n) is 4.19. The summed E-state index contributed by atoms with van der Waals surface area (Å²) >= 11 is 0. The Kier molecular flexibility index (Phi) is 8.45. The molecule has 34 heavy (non-hydrogen) atoms. The standard InChI is InChI=1S/C27H37N5O2/c1-19(2)24(30(17-9-16-28)26(33)23-14-12-21(5)13-15-23)25-29-32(20(3)4)27(34)31(25)18-22-10-7-6-8-11-22/h6-8,10-15,19-20,24H,9,16-18,28H2,1-5H3. The quantitative estimate of drug-likeness (QED) is 0.489. The summed E-state index contributed by atoms with van der Waals surface area (Å²) in [4.78, 5) is 29.0. The SMILES string of the molecule is Cc1ccc(C(=O)N(CCCN)C(c2nn(C(C)C)c(=O)n2Cc2ccccc2)C(C)C)cc1. The van der Waals surface area contributed by atoms with Crippen LogP contribution in [0.15, 0.2) is 59.4 Å². The number of aromatic nitrogens is 3. The van der Waals surface area contributed by atoms with E-state index in [0.717, 1.165) is 11.1 Å². The van der Waals surface area contributed by atoms with Crippen LogP contribution in [0.3, 0.4) is 0 Å². The third kappa shape index (κ3) is 5.65. The molecule has 1 atom stereocenters. The highest BCUT2D eigenvalue weighted by Crippen LogP contribution is 2.29. The van der Waals surface area contributed by atoms with Crippen LogP contribution in [0.25, 0.3) is 0 Å². The predicted octanol–water partition coefficient (Wildman–Crippen LogP) is 4.17. The normalized spacial score (nSPS) is 12.4. The van der Waals surface area contributed by atoms with E-state index in [0.29, 0.717) is 37.4 Å². The number of nitrogens with two attached hydrogens (primary N) is 1. The van der Waals surface area contributed by atoms with E-state index in [-0.39, 0.29) is 29.6 Å². The monoisotopic (exact) mass is 463 g/mol. The van der Waals surface area contributed by atoms with Gasteiger partial charge in [-0.1, -0.05) is 61.9 Å². The molecule has 2 aromatic carbocycles. The third-order valence-corrected chi connectivity index (χ3v) is 5.98. The lowest BCUT2D eigenvalue weighted by molar-refractivity contribution is 0.0603. The minimum Gasteiger partial charge on any atom is -0.330 e. The maximum atomic E-state index is 13.7. The van der Waals surface area contributed by atoms with Crippen molar-refractivity contribution in [3.8, 4) is 0 Å². The fraction of sp³-hybridized carbons (Fsp3) is 0.444. The summed E-state index contributed by atoms with van der Waals surface area (Å²) in [6.45, 7) is 11.4. The van der Waals surface area contributed by atoms with Crippen LogP contribution in [0.5, 0.6) is 0 Å². The van der Waals surface area contributed by atoms with Crippen LogP contribution < -0.4 is 11.4 Å². The average Bonchev–Trinajstić information content (AvgIpc) is 3.13. The van der Waals surface area contributed by atoms with Crippen molar-refractivity contribution in [2.24, 2.45) is 11.7 Å². The molecule has 0 saturated carbocycles. The van der Waals surface area contributed by atoms with E-state index in [1.165, 1.54) is 4.68 Å². The smallest absolute Gasteiger partial charge is 0.330 e. The molecule has 0 aliphatic rings. The zero-order valence-corrected chi connectivity index (χ0v) is 20.9. The molecule has 0 fully saturated rings. The Balaban J connectivity index is 2.14. The number of benzene rings is 2. The van der Waals surface area contributed by atoms with Crippen LogP contribution in [0.2, 0.25) is 0 Å². The predicted molar refractivity (Wildman–Crippen MR) is 136 cm³/mol. The van der Waals surface area contributed by atoms with Gasteiger partial charge in [0.05, 0.1) is 18.6 Å². The molecule has 2 N–H and O–H groups in total. The minimum absolute atomic E-state index is 0.0316. The number of carbonyl (C=O) groups excluding carboxylic acids is 1. The van der Waals surface area contributed by atoms with Crippen molar-refractivity contribution in [1.82, 2.24) is 19.2 Å². The molecular formula is C27H37N5O2. The summed E-state index contributed by atoms with van der Waals surface area (Å²) in [5.41, 5.74) is 8.40. The topological polar surface area (TPSA) is 86.2 Å². The minimum atomic E-state index is -0.378. The molecule has 0 radical (unpaired) electrons. The van der Waals surface area contributed by atoms with Crippen molar-refractivity contribution in [3.63, 3.8) is 0 Å². The first-order chi connectivity index (χ1) is 16.2. The van der Waals surface area contributed by atoms with Crippen LogP contribution in [0.4, 0.5) is 0 Å². The van der Waals surface area contributed by atoms with Gasteiger partial charge in [0.15, 0.2) is 5.82 Å². The van der Waals surface area contributed by atoms with Crippen molar-refractivity contribution in [2.75, 3.05) is 13.1 Å². The van der Waals surface area contributed by atoms with Gasteiger partial charge < -0.3 is 10.6 Å². The van der Waals surface area contributed by atoms with Gasteiger partial charge in [0, 0.05) is 12.1 Å². The summed E-state index contributed by atoms with van der Waals surface area (Å²) in [6, 6.07) is 17.0. The molecule has 182 valence electrons. The molecule has 1 aromatic heterocycles. The number of aryl methyl sites for hydroxylation is 1. The molecule has 0 spiro atoms. The first kappa shape index (κ1) is 25.4. The summed E-state index contributed by atoms with van der Waals surface area (Å²) in [5.74, 6) is 0.559. The Labute approximate surface area is 202 Å². The highest BCUT2D eigenvalue weighted by molar-refractivity contribution is 5.94. The Morgan fingerprint density at radius 3 is 2.24 bits per heavy atom. The first-order valence-corrected chi connectivity index (χ1v) is 12.1. The molecule has 3 rings (SSSR count). The van der Waals surface area contributed by atoms with E-state index >= 15 is 0 Å². The highest BCUT2D eigenvalue weighted by atomic mass is 16.2. The summed E-state index contributed by atoms with van der Waals surface area (Å²) in [6.07, 6.45) is 0.661. The Hall–Kier alpha value is -3.19. The van der Waals surface area contributed by atoms with Gasteiger partial charge in [-0.15, -0.1) is 0 Å². The van der Waals surface area contributed by atoms with Gasteiger partial charge in [-0.25, -0.2) is 9.48 Å². The number of hydrogen-bond acceptors (Lipinski definition) is 4. The largest absolute Gasteiger partial charge is 0.346 e. The Bertz CT molecular complexity index is 1130. The molecular weight excluding hydrogens is 426 g/mol. The van der Waals surface area contributed by atoms with Gasteiger partial charge in [0.1, 0.15) is 0 Å². The highest BCUT2D eigenvalue weighted by Gasteiger charge is 2.34. The van der Waals surface area contributed by atoms with Gasteiger partial charge >= 0.3 is 5.69 Å². The second-order valence-corrected chi connectivity index (χ2v) is 9.45. The number of nitrogens with zero attached hydrogens (tertiary/aromatic N) is 4. The van der Waals surface area contributed by atoms with Crippen molar-refractivity contribution in [3.05, 3.63) is 87.6 Å². The van der Waals surface area contributed by atoms with Crippen molar-refractivity contribution in [2.45, 2.75) is 59.7 Å². The molecule has 3 aromatic rings. The molecule has 0 bridgehead atoms. The fourth-order valence-corrected chi connectivity index (χ4v) is 4.19. The number of carbonyl (C=O) groups is 1. The lowest BCUT2D eigenvalue weighted by atomic mass is 9.99. The molecule has 1 amide bonds. The number of amides is 1. The average molecular weight is 464 g/mol. The molecule has 1 heterocycles. The molecule has 7 nitrogen and oxygen atoms in total. The second kappa shape index (κ2) is 11.3. The third-order valence-electron chi connectivity index (χ3n) is 5.98. The van der Waals surface area contributed by atoms with E-state index in [4.69, 9.17) is 10.8 Å². The van der Waals surface area contributed by atoms with Gasteiger partial charge in [-0.2, -0.15) is 5.10 Å². The summed E-state index contributed by atoms with van der Waals surface area (Å²) in [5, 5.41) is 4.79.